The maximum atomic E-state index is 6.22. The van der Waals surface area contributed by atoms with E-state index in [0.29, 0.717) is 5.92 Å². The smallest absolute Gasteiger partial charge is 0.0297 e. The molecule has 0 unspecified atom stereocenters. The molecule has 1 aliphatic carbocycles. The topological polar surface area (TPSA) is 26.0 Å². The second-order valence-electron chi connectivity index (χ2n) is 4.97. The zero-order valence-electron chi connectivity index (χ0n) is 9.79. The summed E-state index contributed by atoms with van der Waals surface area (Å²) in [7, 11) is 0. The molecule has 15 heavy (non-hydrogen) atoms. The normalized spacial score (nSPS) is 21.2. The average Bonchev–Trinajstić information content (AvgIpc) is 2.40. The summed E-state index contributed by atoms with van der Waals surface area (Å²) >= 11 is 0. The van der Waals surface area contributed by atoms with Crippen LogP contribution in [-0.2, 0) is 6.42 Å². The summed E-state index contributed by atoms with van der Waals surface area (Å²) in [4.78, 5) is 0. The van der Waals surface area contributed by atoms with Gasteiger partial charge in [-0.15, -0.1) is 0 Å². The van der Waals surface area contributed by atoms with E-state index in [1.54, 1.807) is 0 Å². The van der Waals surface area contributed by atoms with Crippen LogP contribution in [0.15, 0.2) is 18.2 Å². The second kappa shape index (κ2) is 4.36. The van der Waals surface area contributed by atoms with E-state index in [4.69, 9.17) is 5.73 Å². The molecule has 0 aromatic heterocycles. The van der Waals surface area contributed by atoms with Gasteiger partial charge in [-0.25, -0.2) is 0 Å². The Bertz CT molecular complexity index is 341. The molecule has 0 amide bonds. The number of hydrogen-bond acceptors (Lipinski definition) is 1. The zero-order valence-corrected chi connectivity index (χ0v) is 9.79. The van der Waals surface area contributed by atoms with Crippen LogP contribution in [0.1, 0.15) is 61.8 Å². The monoisotopic (exact) mass is 203 g/mol. The molecule has 0 saturated carbocycles. The average molecular weight is 203 g/mol. The molecule has 0 spiro atoms. The quantitative estimate of drug-likeness (QED) is 0.694. The Balaban J connectivity index is 2.39. The maximum Gasteiger partial charge on any atom is 0.0297 e. The van der Waals surface area contributed by atoms with Gasteiger partial charge in [0.25, 0.3) is 0 Å². The van der Waals surface area contributed by atoms with Crippen molar-refractivity contribution in [3.63, 3.8) is 0 Å². The Hall–Kier alpha value is -0.820. The van der Waals surface area contributed by atoms with Crippen molar-refractivity contribution >= 4 is 0 Å². The SMILES string of the molecule is CC(C)c1ccc2c(c1)[C@@H](N)CCCC2. The van der Waals surface area contributed by atoms with Crippen LogP contribution < -0.4 is 5.73 Å². The van der Waals surface area contributed by atoms with Crippen molar-refractivity contribution in [3.8, 4) is 0 Å². The first-order chi connectivity index (χ1) is 7.18. The van der Waals surface area contributed by atoms with Crippen molar-refractivity contribution in [3.05, 3.63) is 34.9 Å². The number of rotatable bonds is 1. The van der Waals surface area contributed by atoms with E-state index in [1.165, 1.54) is 36.0 Å². The highest BCUT2D eigenvalue weighted by Crippen LogP contribution is 2.29. The maximum absolute atomic E-state index is 6.22. The van der Waals surface area contributed by atoms with Gasteiger partial charge in [0.2, 0.25) is 0 Å². The molecule has 0 saturated heterocycles. The molecule has 0 aliphatic heterocycles. The summed E-state index contributed by atoms with van der Waals surface area (Å²) in [6.07, 6.45) is 4.92. The third kappa shape index (κ3) is 2.23. The van der Waals surface area contributed by atoms with Crippen LogP contribution in [0, 0.1) is 0 Å². The third-order valence-electron chi connectivity index (χ3n) is 3.45. The van der Waals surface area contributed by atoms with Crippen LogP contribution >= 0.6 is 0 Å². The van der Waals surface area contributed by atoms with Crippen LogP contribution in [0.3, 0.4) is 0 Å². The van der Waals surface area contributed by atoms with Gasteiger partial charge in [-0.1, -0.05) is 38.5 Å². The standard InChI is InChI=1S/C14H21N/c1-10(2)12-8-7-11-5-3-4-6-14(15)13(11)9-12/h7-10,14H,3-6,15H2,1-2H3/t14-/m0/s1. The largest absolute Gasteiger partial charge is 0.324 e. The Kier molecular flexibility index (Phi) is 3.11. The number of fused-ring (bicyclic) bond motifs is 1. The molecule has 1 atom stereocenters. The highest BCUT2D eigenvalue weighted by atomic mass is 14.6. The van der Waals surface area contributed by atoms with Gasteiger partial charge in [0.15, 0.2) is 0 Å². The Morgan fingerprint density at radius 2 is 2.07 bits per heavy atom. The highest BCUT2D eigenvalue weighted by Gasteiger charge is 2.15. The molecule has 0 radical (unpaired) electrons. The summed E-state index contributed by atoms with van der Waals surface area (Å²) < 4.78 is 0. The molecule has 1 aromatic rings. The van der Waals surface area contributed by atoms with E-state index in [9.17, 15) is 0 Å². The van der Waals surface area contributed by atoms with E-state index in [2.05, 4.69) is 32.0 Å². The van der Waals surface area contributed by atoms with E-state index in [0.717, 1.165) is 6.42 Å². The summed E-state index contributed by atoms with van der Waals surface area (Å²) in [6.45, 7) is 4.48. The van der Waals surface area contributed by atoms with Gasteiger partial charge < -0.3 is 5.73 Å². The molecule has 2 rings (SSSR count). The van der Waals surface area contributed by atoms with Crippen molar-refractivity contribution in [1.82, 2.24) is 0 Å². The molecule has 1 nitrogen and oxygen atoms in total. The van der Waals surface area contributed by atoms with Crippen molar-refractivity contribution in [2.75, 3.05) is 0 Å². The lowest BCUT2D eigenvalue weighted by atomic mass is 9.93. The van der Waals surface area contributed by atoms with E-state index in [-0.39, 0.29) is 6.04 Å². The lowest BCUT2D eigenvalue weighted by molar-refractivity contribution is 0.614. The highest BCUT2D eigenvalue weighted by molar-refractivity contribution is 5.36. The predicted octanol–water partition coefficient (Wildman–Crippen LogP) is 3.54. The summed E-state index contributed by atoms with van der Waals surface area (Å²) in [5.74, 6) is 0.603. The first-order valence-electron chi connectivity index (χ1n) is 6.07. The van der Waals surface area contributed by atoms with Gasteiger partial charge in [0.1, 0.15) is 0 Å². The minimum atomic E-state index is 0.265. The number of hydrogen-bond donors (Lipinski definition) is 1. The number of aryl methyl sites for hydroxylation is 1. The Morgan fingerprint density at radius 3 is 2.80 bits per heavy atom. The van der Waals surface area contributed by atoms with Gasteiger partial charge >= 0.3 is 0 Å². The second-order valence-corrected chi connectivity index (χ2v) is 4.97. The van der Waals surface area contributed by atoms with Crippen molar-refractivity contribution < 1.29 is 0 Å². The fraction of sp³-hybridized carbons (Fsp3) is 0.571. The minimum absolute atomic E-state index is 0.265. The fourth-order valence-electron chi connectivity index (χ4n) is 2.38. The number of benzene rings is 1. The number of nitrogens with two attached hydrogens (primary N) is 1. The van der Waals surface area contributed by atoms with E-state index >= 15 is 0 Å². The fourth-order valence-corrected chi connectivity index (χ4v) is 2.38. The van der Waals surface area contributed by atoms with Gasteiger partial charge in [-0.05, 0) is 41.9 Å². The summed E-state index contributed by atoms with van der Waals surface area (Å²) in [5, 5.41) is 0. The zero-order chi connectivity index (χ0) is 10.8. The Labute approximate surface area is 92.7 Å². The van der Waals surface area contributed by atoms with E-state index in [1.807, 2.05) is 0 Å². The van der Waals surface area contributed by atoms with Crippen molar-refractivity contribution in [2.45, 2.75) is 51.5 Å². The van der Waals surface area contributed by atoms with Gasteiger partial charge in [0, 0.05) is 6.04 Å². The molecule has 1 aliphatic rings. The summed E-state index contributed by atoms with van der Waals surface area (Å²) in [5.41, 5.74) is 10.5. The van der Waals surface area contributed by atoms with Gasteiger partial charge in [-0.3, -0.25) is 0 Å². The molecule has 2 N–H and O–H groups in total. The van der Waals surface area contributed by atoms with Crippen LogP contribution in [0.2, 0.25) is 0 Å². The molecular formula is C14H21N. The van der Waals surface area contributed by atoms with Crippen molar-refractivity contribution in [2.24, 2.45) is 5.73 Å². The van der Waals surface area contributed by atoms with Crippen LogP contribution in [0.25, 0.3) is 0 Å². The van der Waals surface area contributed by atoms with Crippen LogP contribution in [0.4, 0.5) is 0 Å². The van der Waals surface area contributed by atoms with Crippen molar-refractivity contribution in [1.29, 1.82) is 0 Å². The molecule has 0 fully saturated rings. The first kappa shape index (κ1) is 10.7. The van der Waals surface area contributed by atoms with Gasteiger partial charge in [-0.2, -0.15) is 0 Å². The predicted molar refractivity (Wildman–Crippen MR) is 65.0 cm³/mol. The summed E-state index contributed by atoms with van der Waals surface area (Å²) in [6, 6.07) is 7.15. The molecule has 82 valence electrons. The van der Waals surface area contributed by atoms with Gasteiger partial charge in [0.05, 0.1) is 0 Å². The third-order valence-corrected chi connectivity index (χ3v) is 3.45. The molecule has 0 bridgehead atoms. The molecule has 1 heteroatoms. The van der Waals surface area contributed by atoms with Crippen LogP contribution in [-0.4, -0.2) is 0 Å². The molecular weight excluding hydrogens is 182 g/mol. The minimum Gasteiger partial charge on any atom is -0.324 e. The lowest BCUT2D eigenvalue weighted by Crippen LogP contribution is -2.11. The molecule has 0 heterocycles. The molecule has 1 aromatic carbocycles. The Morgan fingerprint density at radius 1 is 1.27 bits per heavy atom. The first-order valence-corrected chi connectivity index (χ1v) is 6.07. The van der Waals surface area contributed by atoms with Crippen LogP contribution in [0.5, 0.6) is 0 Å². The lowest BCUT2D eigenvalue weighted by Gasteiger charge is -2.15. The van der Waals surface area contributed by atoms with E-state index < -0.39 is 0 Å².